The molecule has 1 atom stereocenters. The number of ether oxygens (including phenoxy) is 2. The molecule has 1 aliphatic rings. The van der Waals surface area contributed by atoms with E-state index in [2.05, 4.69) is 5.32 Å². The minimum Gasteiger partial charge on any atom is -0.495 e. The minimum absolute atomic E-state index is 0.0398. The van der Waals surface area contributed by atoms with E-state index in [-0.39, 0.29) is 24.5 Å². The van der Waals surface area contributed by atoms with Crippen molar-refractivity contribution in [1.29, 1.82) is 0 Å². The van der Waals surface area contributed by atoms with Crippen LogP contribution in [-0.4, -0.2) is 44.7 Å². The van der Waals surface area contributed by atoms with Gasteiger partial charge in [-0.25, -0.2) is 0 Å². The molecule has 0 saturated carbocycles. The molecule has 1 aromatic rings. The normalized spacial score (nSPS) is 16.9. The predicted octanol–water partition coefficient (Wildman–Crippen LogP) is 1.65. The van der Waals surface area contributed by atoms with E-state index < -0.39 is 0 Å². The van der Waals surface area contributed by atoms with Gasteiger partial charge in [-0.05, 0) is 37.5 Å². The Kier molecular flexibility index (Phi) is 5.98. The molecule has 0 radical (unpaired) electrons. The molecule has 2 rings (SSSR count). The number of nitrogens with zero attached hydrogens (tertiary/aromatic N) is 1. The highest BCUT2D eigenvalue weighted by Crippen LogP contribution is 2.29. The molecule has 1 fully saturated rings. The second-order valence-electron chi connectivity index (χ2n) is 5.72. The molecule has 6 nitrogen and oxygen atoms in total. The molecular formula is C17H24N2O4. The first kappa shape index (κ1) is 17.3. The number of methoxy groups -OCH3 is 1. The van der Waals surface area contributed by atoms with E-state index in [4.69, 9.17) is 9.47 Å². The number of amides is 2. The van der Waals surface area contributed by atoms with Gasteiger partial charge in [0.1, 0.15) is 12.3 Å². The minimum atomic E-state index is -0.209. The Labute approximate surface area is 136 Å². The number of benzene rings is 1. The van der Waals surface area contributed by atoms with Crippen LogP contribution in [0.4, 0.5) is 5.69 Å². The Morgan fingerprint density at radius 1 is 1.43 bits per heavy atom. The van der Waals surface area contributed by atoms with Crippen molar-refractivity contribution in [2.75, 3.05) is 31.7 Å². The highest BCUT2D eigenvalue weighted by atomic mass is 16.5. The number of hydrogen-bond acceptors (Lipinski definition) is 4. The third kappa shape index (κ3) is 4.69. The molecule has 1 N–H and O–H groups in total. The number of nitrogens with one attached hydrogen (secondary N) is 1. The molecule has 0 aromatic heterocycles. The lowest BCUT2D eigenvalue weighted by Gasteiger charge is -2.23. The van der Waals surface area contributed by atoms with Gasteiger partial charge in [0.25, 0.3) is 0 Å². The Hall–Kier alpha value is -2.08. The summed E-state index contributed by atoms with van der Waals surface area (Å²) in [7, 11) is 1.55. The fourth-order valence-electron chi connectivity index (χ4n) is 2.61. The van der Waals surface area contributed by atoms with Gasteiger partial charge in [0.15, 0.2) is 0 Å². The number of carbonyl (C=O) groups excluding carboxylic acids is 2. The van der Waals surface area contributed by atoms with Gasteiger partial charge in [0.05, 0.1) is 18.9 Å². The lowest BCUT2D eigenvalue weighted by atomic mass is 10.2. The van der Waals surface area contributed by atoms with Gasteiger partial charge < -0.3 is 14.8 Å². The number of carbonyl (C=O) groups is 2. The summed E-state index contributed by atoms with van der Waals surface area (Å²) in [6.45, 7) is 4.56. The maximum absolute atomic E-state index is 12.2. The Morgan fingerprint density at radius 2 is 2.22 bits per heavy atom. The third-order valence-corrected chi connectivity index (χ3v) is 3.86. The van der Waals surface area contributed by atoms with E-state index >= 15 is 0 Å². The van der Waals surface area contributed by atoms with E-state index in [9.17, 15) is 9.59 Å². The van der Waals surface area contributed by atoms with Crippen molar-refractivity contribution in [3.05, 3.63) is 23.8 Å². The summed E-state index contributed by atoms with van der Waals surface area (Å²) in [4.78, 5) is 25.6. The quantitative estimate of drug-likeness (QED) is 0.865. The summed E-state index contributed by atoms with van der Waals surface area (Å²) in [5.41, 5.74) is 1.60. The summed E-state index contributed by atoms with van der Waals surface area (Å²) in [5.74, 6) is 0.151. The van der Waals surface area contributed by atoms with Crippen LogP contribution in [0.25, 0.3) is 0 Å². The first-order chi connectivity index (χ1) is 11.0. The van der Waals surface area contributed by atoms with Crippen molar-refractivity contribution in [2.45, 2.75) is 32.8 Å². The van der Waals surface area contributed by atoms with Gasteiger partial charge >= 0.3 is 0 Å². The van der Waals surface area contributed by atoms with Crippen molar-refractivity contribution in [2.24, 2.45) is 0 Å². The van der Waals surface area contributed by atoms with Gasteiger partial charge in [0.2, 0.25) is 11.8 Å². The first-order valence-corrected chi connectivity index (χ1v) is 7.82. The van der Waals surface area contributed by atoms with Crippen LogP contribution in [-0.2, 0) is 14.3 Å². The monoisotopic (exact) mass is 320 g/mol. The van der Waals surface area contributed by atoms with Gasteiger partial charge in [-0.3, -0.25) is 14.5 Å². The Balaban J connectivity index is 2.04. The maximum atomic E-state index is 12.2. The van der Waals surface area contributed by atoms with Gasteiger partial charge in [-0.1, -0.05) is 6.07 Å². The van der Waals surface area contributed by atoms with Crippen LogP contribution >= 0.6 is 0 Å². The van der Waals surface area contributed by atoms with Crippen LogP contribution in [0.2, 0.25) is 0 Å². The molecule has 1 unspecified atom stereocenters. The van der Waals surface area contributed by atoms with Gasteiger partial charge in [0, 0.05) is 20.1 Å². The summed E-state index contributed by atoms with van der Waals surface area (Å²) in [5, 5.41) is 2.83. The van der Waals surface area contributed by atoms with Crippen LogP contribution in [0.15, 0.2) is 18.2 Å². The predicted molar refractivity (Wildman–Crippen MR) is 87.7 cm³/mol. The zero-order valence-electron chi connectivity index (χ0n) is 13.9. The maximum Gasteiger partial charge on any atom is 0.240 e. The lowest BCUT2D eigenvalue weighted by molar-refractivity contribution is -0.123. The van der Waals surface area contributed by atoms with Crippen LogP contribution in [0.1, 0.15) is 25.3 Å². The van der Waals surface area contributed by atoms with Crippen molar-refractivity contribution < 1.29 is 19.1 Å². The van der Waals surface area contributed by atoms with Crippen LogP contribution < -0.4 is 15.0 Å². The van der Waals surface area contributed by atoms with Crippen molar-refractivity contribution in [1.82, 2.24) is 5.32 Å². The van der Waals surface area contributed by atoms with E-state index in [1.165, 1.54) is 11.8 Å². The van der Waals surface area contributed by atoms with Crippen molar-refractivity contribution in [3.8, 4) is 5.75 Å². The molecule has 6 heteroatoms. The average Bonchev–Trinajstić information content (AvgIpc) is 3.03. The molecule has 0 aliphatic carbocycles. The molecule has 1 aliphatic heterocycles. The molecule has 1 heterocycles. The van der Waals surface area contributed by atoms with Crippen LogP contribution in [0.5, 0.6) is 5.75 Å². The molecule has 0 bridgehead atoms. The molecule has 126 valence electrons. The molecule has 1 aromatic carbocycles. The fraction of sp³-hybridized carbons (Fsp3) is 0.529. The Morgan fingerprint density at radius 3 is 2.83 bits per heavy atom. The SMILES string of the molecule is COc1ccc(C)cc1N(CC(=O)NCC1CCCO1)C(C)=O. The highest BCUT2D eigenvalue weighted by Gasteiger charge is 2.21. The number of rotatable bonds is 6. The number of anilines is 1. The molecular weight excluding hydrogens is 296 g/mol. The molecule has 2 amide bonds. The van der Waals surface area contributed by atoms with Gasteiger partial charge in [-0.15, -0.1) is 0 Å². The van der Waals surface area contributed by atoms with Crippen molar-refractivity contribution in [3.63, 3.8) is 0 Å². The third-order valence-electron chi connectivity index (χ3n) is 3.86. The standard InChI is InChI=1S/C17H24N2O4/c1-12-6-7-16(22-3)15(9-12)19(13(2)20)11-17(21)18-10-14-5-4-8-23-14/h6-7,9,14H,4-5,8,10-11H2,1-3H3,(H,18,21). The smallest absolute Gasteiger partial charge is 0.240 e. The molecule has 0 spiro atoms. The molecule has 1 saturated heterocycles. The summed E-state index contributed by atoms with van der Waals surface area (Å²) in [6.07, 6.45) is 2.07. The van der Waals surface area contributed by atoms with E-state index in [0.717, 1.165) is 25.0 Å². The number of aryl methyl sites for hydroxylation is 1. The van der Waals surface area contributed by atoms with Crippen LogP contribution in [0, 0.1) is 6.92 Å². The topological polar surface area (TPSA) is 67.9 Å². The molecule has 23 heavy (non-hydrogen) atoms. The average molecular weight is 320 g/mol. The zero-order valence-corrected chi connectivity index (χ0v) is 13.9. The van der Waals surface area contributed by atoms with E-state index in [0.29, 0.717) is 18.0 Å². The van der Waals surface area contributed by atoms with E-state index in [1.807, 2.05) is 19.1 Å². The Bertz CT molecular complexity index is 568. The second kappa shape index (κ2) is 7.97. The largest absolute Gasteiger partial charge is 0.495 e. The summed E-state index contributed by atoms with van der Waals surface area (Å²) in [6, 6.07) is 5.54. The van der Waals surface area contributed by atoms with Gasteiger partial charge in [-0.2, -0.15) is 0 Å². The van der Waals surface area contributed by atoms with Crippen LogP contribution in [0.3, 0.4) is 0 Å². The lowest BCUT2D eigenvalue weighted by Crippen LogP contribution is -2.42. The van der Waals surface area contributed by atoms with Crippen molar-refractivity contribution >= 4 is 17.5 Å². The summed E-state index contributed by atoms with van der Waals surface area (Å²) < 4.78 is 10.8. The summed E-state index contributed by atoms with van der Waals surface area (Å²) >= 11 is 0. The highest BCUT2D eigenvalue weighted by molar-refractivity contribution is 5.98. The number of hydrogen-bond donors (Lipinski definition) is 1. The zero-order chi connectivity index (χ0) is 16.8. The second-order valence-corrected chi connectivity index (χ2v) is 5.72. The fourth-order valence-corrected chi connectivity index (χ4v) is 2.61. The first-order valence-electron chi connectivity index (χ1n) is 7.82. The van der Waals surface area contributed by atoms with E-state index in [1.54, 1.807) is 13.2 Å².